The molecule has 0 spiro atoms. The number of hydrogen-bond donors (Lipinski definition) is 2. The molecule has 0 aromatic heterocycles. The van der Waals surface area contributed by atoms with E-state index in [9.17, 15) is 18.0 Å². The summed E-state index contributed by atoms with van der Waals surface area (Å²) in [5.74, 6) is -1.67. The highest BCUT2D eigenvalue weighted by Gasteiger charge is 2.35. The highest BCUT2D eigenvalue weighted by molar-refractivity contribution is 5.96. The van der Waals surface area contributed by atoms with Gasteiger partial charge in [-0.3, -0.25) is 0 Å². The molecule has 0 fully saturated rings. The van der Waals surface area contributed by atoms with E-state index in [1.807, 2.05) is 5.32 Å². The van der Waals surface area contributed by atoms with Crippen molar-refractivity contribution in [1.82, 2.24) is 0 Å². The van der Waals surface area contributed by atoms with E-state index >= 15 is 0 Å². The lowest BCUT2D eigenvalue weighted by molar-refractivity contribution is -0.136. The van der Waals surface area contributed by atoms with Crippen LogP contribution in [0.3, 0.4) is 0 Å². The maximum absolute atomic E-state index is 12.9. The number of carboxylic acid groups (broad SMARTS) is 1. The number of anilines is 1. The second-order valence-corrected chi connectivity index (χ2v) is 3.74. The third-order valence-corrected chi connectivity index (χ3v) is 2.44. The first-order chi connectivity index (χ1) is 10.3. The van der Waals surface area contributed by atoms with Gasteiger partial charge in [-0.2, -0.15) is 29.0 Å². The van der Waals surface area contributed by atoms with E-state index in [4.69, 9.17) is 20.9 Å². The maximum Gasteiger partial charge on any atom is 0.418 e. The van der Waals surface area contributed by atoms with Crippen molar-refractivity contribution in [2.24, 2.45) is 0 Å². The molecule has 0 aliphatic rings. The van der Waals surface area contributed by atoms with Gasteiger partial charge in [-0.15, -0.1) is 0 Å². The number of nitriles is 3. The largest absolute Gasteiger partial charge is 0.478 e. The van der Waals surface area contributed by atoms with Gasteiger partial charge in [0.1, 0.15) is 23.9 Å². The van der Waals surface area contributed by atoms with Crippen molar-refractivity contribution in [3.05, 3.63) is 40.6 Å². The molecule has 6 nitrogen and oxygen atoms in total. The normalized spacial score (nSPS) is 9.82. The van der Waals surface area contributed by atoms with Crippen LogP contribution in [0.4, 0.5) is 18.9 Å². The number of hydrogen-bond acceptors (Lipinski definition) is 5. The van der Waals surface area contributed by atoms with E-state index in [-0.39, 0.29) is 0 Å². The van der Waals surface area contributed by atoms with E-state index < -0.39 is 40.2 Å². The van der Waals surface area contributed by atoms with Crippen LogP contribution in [0.25, 0.3) is 0 Å². The zero-order valence-electron chi connectivity index (χ0n) is 10.6. The standard InChI is InChI=1S/C13H5F3N4O2/c14-13(15,16)9-3-1-2-8(12(21)22)11(9)20-10(6-19)7(4-17)5-18/h1-3,20H,(H,21,22). The van der Waals surface area contributed by atoms with Crippen molar-refractivity contribution in [2.45, 2.75) is 6.18 Å². The minimum atomic E-state index is -4.90. The number of rotatable bonds is 3. The summed E-state index contributed by atoms with van der Waals surface area (Å²) in [5, 5.41) is 37.0. The Morgan fingerprint density at radius 3 is 2.14 bits per heavy atom. The van der Waals surface area contributed by atoms with Crippen molar-refractivity contribution in [2.75, 3.05) is 5.32 Å². The summed E-state index contributed by atoms with van der Waals surface area (Å²) in [5.41, 5.74) is -4.55. The number of allylic oxidation sites excluding steroid dienone is 2. The van der Waals surface area contributed by atoms with Gasteiger partial charge < -0.3 is 10.4 Å². The molecule has 0 atom stereocenters. The molecule has 22 heavy (non-hydrogen) atoms. The zero-order valence-corrected chi connectivity index (χ0v) is 10.6. The summed E-state index contributed by atoms with van der Waals surface area (Å²) in [6.07, 6.45) is -4.90. The van der Waals surface area contributed by atoms with Crippen LogP contribution >= 0.6 is 0 Å². The van der Waals surface area contributed by atoms with Crippen molar-refractivity contribution in [3.8, 4) is 18.2 Å². The molecule has 0 saturated carbocycles. The third-order valence-electron chi connectivity index (χ3n) is 2.44. The molecule has 1 rings (SSSR count). The van der Waals surface area contributed by atoms with Gasteiger partial charge in [0, 0.05) is 0 Å². The number of carboxylic acids is 1. The first-order valence-electron chi connectivity index (χ1n) is 5.41. The average Bonchev–Trinajstić information content (AvgIpc) is 2.45. The molecule has 0 saturated heterocycles. The Bertz CT molecular complexity index is 760. The minimum Gasteiger partial charge on any atom is -0.478 e. The Hall–Kier alpha value is -3.51. The number of para-hydroxylation sites is 1. The van der Waals surface area contributed by atoms with Gasteiger partial charge in [0.2, 0.25) is 0 Å². The fourth-order valence-electron chi connectivity index (χ4n) is 1.51. The van der Waals surface area contributed by atoms with Crippen LogP contribution in [-0.2, 0) is 6.18 Å². The summed E-state index contributed by atoms with van der Waals surface area (Å²) >= 11 is 0. The average molecular weight is 306 g/mol. The summed E-state index contributed by atoms with van der Waals surface area (Å²) in [7, 11) is 0. The second kappa shape index (κ2) is 6.29. The second-order valence-electron chi connectivity index (χ2n) is 3.74. The van der Waals surface area contributed by atoms with Crippen molar-refractivity contribution < 1.29 is 23.1 Å². The Kier molecular flexibility index (Phi) is 4.73. The molecule has 1 aromatic carbocycles. The van der Waals surface area contributed by atoms with E-state index in [2.05, 4.69) is 0 Å². The number of benzene rings is 1. The van der Waals surface area contributed by atoms with E-state index in [0.29, 0.717) is 6.07 Å². The lowest BCUT2D eigenvalue weighted by Crippen LogP contribution is -2.15. The quantitative estimate of drug-likeness (QED) is 0.828. The molecule has 0 aliphatic carbocycles. The number of alkyl halides is 3. The zero-order chi connectivity index (χ0) is 16.9. The number of nitrogens with zero attached hydrogens (tertiary/aromatic N) is 3. The first kappa shape index (κ1) is 16.5. The van der Waals surface area contributed by atoms with Crippen LogP contribution in [-0.4, -0.2) is 11.1 Å². The number of halogens is 3. The maximum atomic E-state index is 12.9. The summed E-state index contributed by atoms with van der Waals surface area (Å²) in [6.45, 7) is 0. The van der Waals surface area contributed by atoms with Crippen LogP contribution in [0, 0.1) is 34.0 Å². The fraction of sp³-hybridized carbons (Fsp3) is 0.0769. The van der Waals surface area contributed by atoms with Gasteiger partial charge in [0.05, 0.1) is 16.8 Å². The summed E-state index contributed by atoms with van der Waals surface area (Å²) in [6, 6.07) is 6.43. The highest BCUT2D eigenvalue weighted by atomic mass is 19.4. The van der Waals surface area contributed by atoms with Crippen molar-refractivity contribution >= 4 is 11.7 Å². The fourth-order valence-corrected chi connectivity index (χ4v) is 1.51. The van der Waals surface area contributed by atoms with E-state index in [1.165, 1.54) is 18.2 Å². The van der Waals surface area contributed by atoms with Gasteiger partial charge in [0.25, 0.3) is 0 Å². The molecule has 0 radical (unpaired) electrons. The number of carbonyl (C=O) groups is 1. The molecule has 2 N–H and O–H groups in total. The Morgan fingerprint density at radius 2 is 1.73 bits per heavy atom. The van der Waals surface area contributed by atoms with Crippen LogP contribution in [0.15, 0.2) is 29.5 Å². The van der Waals surface area contributed by atoms with Gasteiger partial charge in [-0.1, -0.05) is 6.07 Å². The van der Waals surface area contributed by atoms with Gasteiger partial charge in [-0.25, -0.2) is 4.79 Å². The van der Waals surface area contributed by atoms with E-state index in [0.717, 1.165) is 12.1 Å². The lowest BCUT2D eigenvalue weighted by atomic mass is 10.1. The first-order valence-corrected chi connectivity index (χ1v) is 5.41. The predicted molar refractivity (Wildman–Crippen MR) is 65.9 cm³/mol. The smallest absolute Gasteiger partial charge is 0.418 e. The molecular weight excluding hydrogens is 301 g/mol. The molecule has 0 aliphatic heterocycles. The summed E-state index contributed by atoms with van der Waals surface area (Å²) in [4.78, 5) is 11.0. The molecule has 0 bridgehead atoms. The molecule has 110 valence electrons. The minimum absolute atomic E-state index is 0.613. The summed E-state index contributed by atoms with van der Waals surface area (Å²) < 4.78 is 38.8. The molecule has 0 heterocycles. The molecular formula is C13H5F3N4O2. The van der Waals surface area contributed by atoms with Crippen molar-refractivity contribution in [3.63, 3.8) is 0 Å². The van der Waals surface area contributed by atoms with Crippen LogP contribution in [0.1, 0.15) is 15.9 Å². The Labute approximate surface area is 121 Å². The van der Waals surface area contributed by atoms with Crippen LogP contribution in [0.5, 0.6) is 0 Å². The Balaban J connectivity index is 3.63. The highest BCUT2D eigenvalue weighted by Crippen LogP contribution is 2.37. The van der Waals surface area contributed by atoms with Crippen LogP contribution < -0.4 is 5.32 Å². The lowest BCUT2D eigenvalue weighted by Gasteiger charge is -2.16. The van der Waals surface area contributed by atoms with Crippen LogP contribution in [0.2, 0.25) is 0 Å². The monoisotopic (exact) mass is 306 g/mol. The molecule has 9 heteroatoms. The molecule has 0 amide bonds. The van der Waals surface area contributed by atoms with Gasteiger partial charge in [0.15, 0.2) is 5.57 Å². The molecule has 0 unspecified atom stereocenters. The number of aromatic carboxylic acids is 1. The van der Waals surface area contributed by atoms with Crippen molar-refractivity contribution in [1.29, 1.82) is 15.8 Å². The Morgan fingerprint density at radius 1 is 1.14 bits per heavy atom. The molecule has 1 aromatic rings. The number of nitrogens with one attached hydrogen (secondary N) is 1. The SMILES string of the molecule is N#CC(C#N)=C(C#N)Nc1c(C(=O)O)cccc1C(F)(F)F. The topological polar surface area (TPSA) is 121 Å². The van der Waals surface area contributed by atoms with Gasteiger partial charge >= 0.3 is 12.1 Å². The van der Waals surface area contributed by atoms with Gasteiger partial charge in [-0.05, 0) is 12.1 Å². The van der Waals surface area contributed by atoms with E-state index in [1.54, 1.807) is 0 Å². The predicted octanol–water partition coefficient (Wildman–Crippen LogP) is 2.64. The third kappa shape index (κ3) is 3.33.